The topological polar surface area (TPSA) is 168 Å². The molecule has 0 unspecified atom stereocenters. The van der Waals surface area contributed by atoms with Crippen molar-refractivity contribution in [2.45, 2.75) is 64.9 Å². The van der Waals surface area contributed by atoms with Gasteiger partial charge < -0.3 is 24.3 Å². The van der Waals surface area contributed by atoms with Crippen LogP contribution < -0.4 is 10.6 Å². The first-order valence-corrected chi connectivity index (χ1v) is 11.2. The highest BCUT2D eigenvalue weighted by Gasteiger charge is 2.50. The lowest BCUT2D eigenvalue weighted by molar-refractivity contribution is -0.186. The maximum Gasteiger partial charge on any atom is 0.437 e. The molecule has 4 atom stereocenters. The van der Waals surface area contributed by atoms with E-state index in [9.17, 15) is 24.0 Å². The molecule has 36 heavy (non-hydrogen) atoms. The Morgan fingerprint density at radius 2 is 1.58 bits per heavy atom. The summed E-state index contributed by atoms with van der Waals surface area (Å²) in [7, 11) is 0. The van der Waals surface area contributed by atoms with Gasteiger partial charge in [0.1, 0.15) is 12.6 Å². The van der Waals surface area contributed by atoms with Crippen LogP contribution in [0.3, 0.4) is 0 Å². The number of hydrogen-bond acceptors (Lipinski definition) is 11. The quantitative estimate of drug-likeness (QED) is 0.217. The summed E-state index contributed by atoms with van der Waals surface area (Å²) in [5.74, 6) is -2.98. The molecule has 2 rings (SSSR count). The third kappa shape index (κ3) is 8.89. The zero-order chi connectivity index (χ0) is 26.7. The molecule has 0 aromatic heterocycles. The number of carbonyl (C=O) groups is 5. The summed E-state index contributed by atoms with van der Waals surface area (Å²) in [6, 6.07) is 7.10. The molecule has 1 aliphatic heterocycles. The molecule has 2 amide bonds. The van der Waals surface area contributed by atoms with Gasteiger partial charge in [-0.1, -0.05) is 25.1 Å². The lowest BCUT2D eigenvalue weighted by Crippen LogP contribution is -2.64. The van der Waals surface area contributed by atoms with Gasteiger partial charge in [0, 0.05) is 32.9 Å². The van der Waals surface area contributed by atoms with E-state index in [0.717, 1.165) is 20.8 Å². The Bertz CT molecular complexity index is 982. The van der Waals surface area contributed by atoms with Crippen molar-refractivity contribution < 1.29 is 47.8 Å². The number of nitrogens with one attached hydrogen (secondary N) is 2. The zero-order valence-corrected chi connectivity index (χ0v) is 20.3. The third-order valence-electron chi connectivity index (χ3n) is 4.64. The maximum atomic E-state index is 12.4. The zero-order valence-electron chi connectivity index (χ0n) is 20.3. The predicted octanol–water partition coefficient (Wildman–Crippen LogP) is 1.66. The predicted molar refractivity (Wildman–Crippen MR) is 123 cm³/mol. The van der Waals surface area contributed by atoms with Crippen LogP contribution in [0, 0.1) is 0 Å². The van der Waals surface area contributed by atoms with Crippen molar-refractivity contribution in [3.05, 3.63) is 30.3 Å². The second kappa shape index (κ2) is 13.7. The maximum absolute atomic E-state index is 12.4. The molecular weight excluding hydrogens is 478 g/mol. The fraction of sp³-hybridized carbons (Fsp3) is 0.478. The number of para-hydroxylation sites is 1. The van der Waals surface area contributed by atoms with E-state index < -0.39 is 60.9 Å². The first-order valence-electron chi connectivity index (χ1n) is 11.2. The minimum atomic E-state index is -1.35. The summed E-state index contributed by atoms with van der Waals surface area (Å²) in [4.78, 5) is 64.7. The Morgan fingerprint density at radius 3 is 2.17 bits per heavy atom. The molecule has 1 fully saturated rings. The molecule has 0 bridgehead atoms. The van der Waals surface area contributed by atoms with Crippen LogP contribution in [0.4, 0.5) is 10.5 Å². The van der Waals surface area contributed by atoms with Crippen molar-refractivity contribution in [1.29, 1.82) is 0 Å². The Balaban J connectivity index is 2.41. The monoisotopic (exact) mass is 507 g/mol. The molecule has 1 aliphatic rings. The molecule has 196 valence electrons. The van der Waals surface area contributed by atoms with Crippen molar-refractivity contribution in [2.75, 3.05) is 11.9 Å². The molecule has 1 heterocycles. The van der Waals surface area contributed by atoms with Gasteiger partial charge in [-0.2, -0.15) is 0 Å². The van der Waals surface area contributed by atoms with Crippen LogP contribution >= 0.6 is 0 Å². The van der Waals surface area contributed by atoms with Crippen LogP contribution in [-0.2, 0) is 43.0 Å². The van der Waals surface area contributed by atoms with E-state index >= 15 is 0 Å². The SMILES string of the molecule is CCCC(=O)N[C@H]1/C(=N/OC(=O)Nc2ccccc2)O[C@H](COC(C)=O)[C@@H](OC(C)=O)[C@@H]1OC(C)=O. The molecule has 1 aromatic rings. The van der Waals surface area contributed by atoms with Crippen LogP contribution in [0.25, 0.3) is 0 Å². The molecule has 0 aliphatic carbocycles. The number of amides is 2. The molecule has 13 heteroatoms. The van der Waals surface area contributed by atoms with Crippen LogP contribution in [0.15, 0.2) is 35.5 Å². The van der Waals surface area contributed by atoms with Gasteiger partial charge in [-0.25, -0.2) is 4.79 Å². The Labute approximate surface area is 207 Å². The summed E-state index contributed by atoms with van der Waals surface area (Å²) >= 11 is 0. The van der Waals surface area contributed by atoms with Crippen molar-refractivity contribution >= 4 is 41.5 Å². The van der Waals surface area contributed by atoms with E-state index in [-0.39, 0.29) is 12.3 Å². The number of carbonyl (C=O) groups excluding carboxylic acids is 5. The van der Waals surface area contributed by atoms with Gasteiger partial charge in [0.2, 0.25) is 5.91 Å². The van der Waals surface area contributed by atoms with Crippen molar-refractivity contribution in [3.8, 4) is 0 Å². The molecule has 13 nitrogen and oxygen atoms in total. The first kappa shape index (κ1) is 28.1. The summed E-state index contributed by atoms with van der Waals surface area (Å²) in [6.07, 6.45) is -4.21. The lowest BCUT2D eigenvalue weighted by Gasteiger charge is -2.41. The molecule has 1 saturated heterocycles. The van der Waals surface area contributed by atoms with Crippen LogP contribution in [0.2, 0.25) is 0 Å². The standard InChI is InChI=1S/C23H29N3O10/c1-5-9-18(30)25-19-21(34-15(4)29)20(33-14(3)28)17(12-32-13(2)27)35-22(19)26-36-23(31)24-16-10-7-6-8-11-16/h6-8,10-11,17,19-21H,5,9,12H2,1-4H3,(H,24,31)(H,25,30)/b26-22-/t17-,19-,20-,21-/m1/s1. The van der Waals surface area contributed by atoms with E-state index in [0.29, 0.717) is 12.1 Å². The Kier molecular flexibility index (Phi) is 10.7. The molecule has 2 N–H and O–H groups in total. The van der Waals surface area contributed by atoms with Crippen molar-refractivity contribution in [2.24, 2.45) is 5.16 Å². The van der Waals surface area contributed by atoms with Gasteiger partial charge in [0.15, 0.2) is 18.3 Å². The van der Waals surface area contributed by atoms with E-state index in [1.165, 1.54) is 0 Å². The van der Waals surface area contributed by atoms with E-state index in [1.54, 1.807) is 37.3 Å². The highest BCUT2D eigenvalue weighted by atomic mass is 16.7. The number of benzene rings is 1. The van der Waals surface area contributed by atoms with E-state index in [1.807, 2.05) is 0 Å². The summed E-state index contributed by atoms with van der Waals surface area (Å²) in [6.45, 7) is 4.76. The molecule has 0 spiro atoms. The number of esters is 3. The minimum Gasteiger partial charge on any atom is -0.466 e. The van der Waals surface area contributed by atoms with Gasteiger partial charge in [-0.3, -0.25) is 29.3 Å². The van der Waals surface area contributed by atoms with Crippen LogP contribution in [0.5, 0.6) is 0 Å². The highest BCUT2D eigenvalue weighted by Crippen LogP contribution is 2.25. The van der Waals surface area contributed by atoms with E-state index in [4.69, 9.17) is 23.8 Å². The summed E-state index contributed by atoms with van der Waals surface area (Å²) in [5.41, 5.74) is 0.431. The number of nitrogens with zero attached hydrogens (tertiary/aromatic N) is 1. The van der Waals surface area contributed by atoms with Crippen molar-refractivity contribution in [3.63, 3.8) is 0 Å². The minimum absolute atomic E-state index is 0.112. The normalized spacial score (nSPS) is 21.9. The van der Waals surface area contributed by atoms with Crippen molar-refractivity contribution in [1.82, 2.24) is 5.32 Å². The van der Waals surface area contributed by atoms with E-state index in [2.05, 4.69) is 15.8 Å². The Hall–Kier alpha value is -4.16. The molecule has 0 saturated carbocycles. The fourth-order valence-corrected chi connectivity index (χ4v) is 3.27. The van der Waals surface area contributed by atoms with Gasteiger partial charge in [-0.05, 0) is 23.7 Å². The summed E-state index contributed by atoms with van der Waals surface area (Å²) < 4.78 is 21.4. The van der Waals surface area contributed by atoms with Gasteiger partial charge in [0.05, 0.1) is 0 Å². The second-order valence-electron chi connectivity index (χ2n) is 7.70. The molecule has 0 radical (unpaired) electrons. The smallest absolute Gasteiger partial charge is 0.437 e. The van der Waals surface area contributed by atoms with Gasteiger partial charge >= 0.3 is 24.0 Å². The van der Waals surface area contributed by atoms with Crippen LogP contribution in [-0.4, -0.2) is 66.8 Å². The Morgan fingerprint density at radius 1 is 0.944 bits per heavy atom. The number of hydrogen-bond donors (Lipinski definition) is 2. The fourth-order valence-electron chi connectivity index (χ4n) is 3.27. The van der Waals surface area contributed by atoms with Gasteiger partial charge in [0.25, 0.3) is 5.90 Å². The highest BCUT2D eigenvalue weighted by molar-refractivity contribution is 5.90. The second-order valence-corrected chi connectivity index (χ2v) is 7.70. The molecule has 1 aromatic carbocycles. The number of rotatable bonds is 9. The average Bonchev–Trinajstić information content (AvgIpc) is 2.79. The lowest BCUT2D eigenvalue weighted by atomic mass is 9.96. The summed E-state index contributed by atoms with van der Waals surface area (Å²) in [5, 5.41) is 8.77. The number of anilines is 1. The van der Waals surface area contributed by atoms with Crippen LogP contribution in [0.1, 0.15) is 40.5 Å². The first-order chi connectivity index (χ1) is 17.1. The number of ether oxygens (including phenoxy) is 4. The number of oxime groups is 1. The largest absolute Gasteiger partial charge is 0.466 e. The third-order valence-corrected chi connectivity index (χ3v) is 4.64. The molecular formula is C23H29N3O10. The average molecular weight is 507 g/mol. The van der Waals surface area contributed by atoms with Gasteiger partial charge in [-0.15, -0.1) is 0 Å².